The summed E-state index contributed by atoms with van der Waals surface area (Å²) in [6.07, 6.45) is 16.9. The Labute approximate surface area is 365 Å². The number of aromatic nitrogens is 3. The van der Waals surface area contributed by atoms with Gasteiger partial charge in [0.05, 0.1) is 38.9 Å². The molecule has 0 saturated heterocycles. The number of anilines is 1. The van der Waals surface area contributed by atoms with E-state index in [4.69, 9.17) is 33.0 Å². The minimum absolute atomic E-state index is 0.0746. The summed E-state index contributed by atoms with van der Waals surface area (Å²) in [5, 5.41) is 15.6. The van der Waals surface area contributed by atoms with Crippen molar-refractivity contribution >= 4 is 52.7 Å². The molecular formula is C48H51Cl2FN6O4. The molecule has 2 N–H and O–H groups in total. The number of hydroxylamine groups is 2. The van der Waals surface area contributed by atoms with E-state index in [2.05, 4.69) is 20.3 Å². The highest BCUT2D eigenvalue weighted by Crippen LogP contribution is 2.63. The monoisotopic (exact) mass is 864 g/mol. The minimum atomic E-state index is -0.627. The van der Waals surface area contributed by atoms with Crippen LogP contribution in [0.1, 0.15) is 116 Å². The number of amides is 1. The maximum Gasteiger partial charge on any atom is 0.309 e. The summed E-state index contributed by atoms with van der Waals surface area (Å²) >= 11 is 14.0. The van der Waals surface area contributed by atoms with Crippen LogP contribution >= 0.6 is 23.2 Å². The first kappa shape index (κ1) is 39.5. The quantitative estimate of drug-likeness (QED) is 0.162. The van der Waals surface area contributed by atoms with E-state index in [0.717, 1.165) is 92.7 Å². The number of nitrogens with zero attached hydrogens (tertiary/aromatic N) is 5. The lowest BCUT2D eigenvalue weighted by Crippen LogP contribution is -2.59. The first-order chi connectivity index (χ1) is 29.4. The SMILES string of the molecule is Cn1c(C(=O)Nc2cccc(-c3cccc(/C=C(\F)c4cc5c(cn4)CN(C46CC7CC(CC(C7)C4)C6)O5)c3Cl)c2Cl)nc2c1CCN(CCC13CCC(C(=O)O)(CC1)C3)C2. The first-order valence-electron chi connectivity index (χ1n) is 22.1. The normalized spacial score (nSPS) is 30.1. The Morgan fingerprint density at radius 3 is 2.39 bits per heavy atom. The number of carbonyl (C=O) groups is 2. The Hall–Kier alpha value is -4.29. The van der Waals surface area contributed by atoms with Crippen LogP contribution in [-0.4, -0.2) is 60.1 Å². The molecule has 6 fully saturated rings. The first-order valence-corrected chi connectivity index (χ1v) is 22.9. The van der Waals surface area contributed by atoms with Gasteiger partial charge in [-0.25, -0.2) is 9.37 Å². The number of carboxylic acids is 1. The molecular weight excluding hydrogens is 814 g/mol. The maximum atomic E-state index is 16.0. The van der Waals surface area contributed by atoms with Crippen LogP contribution < -0.4 is 10.2 Å². The number of hydrogen-bond donors (Lipinski definition) is 2. The van der Waals surface area contributed by atoms with Crippen molar-refractivity contribution in [2.24, 2.45) is 35.6 Å². The summed E-state index contributed by atoms with van der Waals surface area (Å²) in [5.74, 6) is 1.82. The van der Waals surface area contributed by atoms with Gasteiger partial charge in [0, 0.05) is 61.2 Å². The third kappa shape index (κ3) is 6.71. The third-order valence-corrected chi connectivity index (χ3v) is 16.9. The van der Waals surface area contributed by atoms with Crippen LogP contribution in [0, 0.1) is 28.6 Å². The van der Waals surface area contributed by atoms with E-state index in [1.165, 1.54) is 44.6 Å². The fourth-order valence-electron chi connectivity index (χ4n) is 13.2. The summed E-state index contributed by atoms with van der Waals surface area (Å²) in [6, 6.07) is 12.4. The highest BCUT2D eigenvalue weighted by atomic mass is 35.5. The smallest absolute Gasteiger partial charge is 0.309 e. The molecule has 13 heteroatoms. The van der Waals surface area contributed by atoms with Crippen molar-refractivity contribution in [3.8, 4) is 16.9 Å². The number of pyridine rings is 1. The van der Waals surface area contributed by atoms with Gasteiger partial charge in [-0.15, -0.1) is 5.06 Å². The van der Waals surface area contributed by atoms with Crippen molar-refractivity contribution in [1.82, 2.24) is 24.5 Å². The van der Waals surface area contributed by atoms with Gasteiger partial charge in [0.1, 0.15) is 11.5 Å². The third-order valence-electron chi connectivity index (χ3n) is 16.0. The number of fused-ring (bicyclic) bond motifs is 4. The van der Waals surface area contributed by atoms with Crippen molar-refractivity contribution in [2.45, 2.75) is 102 Å². The van der Waals surface area contributed by atoms with Gasteiger partial charge in [-0.1, -0.05) is 53.5 Å². The second kappa shape index (κ2) is 14.6. The summed E-state index contributed by atoms with van der Waals surface area (Å²) in [6.45, 7) is 3.08. The van der Waals surface area contributed by atoms with E-state index >= 15 is 4.39 Å². The van der Waals surface area contributed by atoms with Crippen molar-refractivity contribution in [3.63, 3.8) is 0 Å². The Kier molecular flexibility index (Phi) is 9.49. The lowest BCUT2D eigenvalue weighted by Gasteiger charge is -2.58. The van der Waals surface area contributed by atoms with Gasteiger partial charge < -0.3 is 19.8 Å². The molecule has 10 nitrogen and oxygen atoms in total. The molecule has 0 unspecified atom stereocenters. The summed E-state index contributed by atoms with van der Waals surface area (Å²) < 4.78 is 17.9. The van der Waals surface area contributed by atoms with E-state index in [1.54, 1.807) is 36.5 Å². The zero-order valence-corrected chi connectivity index (χ0v) is 36.0. The van der Waals surface area contributed by atoms with E-state index < -0.39 is 17.2 Å². The van der Waals surface area contributed by atoms with Gasteiger partial charge >= 0.3 is 5.97 Å². The molecule has 2 aliphatic heterocycles. The molecule has 6 saturated carbocycles. The lowest BCUT2D eigenvalue weighted by atomic mass is 9.53. The van der Waals surface area contributed by atoms with Gasteiger partial charge in [-0.3, -0.25) is 19.5 Å². The second-order valence-corrected chi connectivity index (χ2v) is 20.5. The van der Waals surface area contributed by atoms with E-state index in [-0.39, 0.29) is 22.6 Å². The molecule has 1 amide bonds. The Morgan fingerprint density at radius 2 is 1.69 bits per heavy atom. The molecule has 6 bridgehead atoms. The molecule has 0 spiro atoms. The number of halogens is 3. The average molecular weight is 866 g/mol. The molecule has 2 aromatic heterocycles. The standard InChI is InChI=1S/C48H51Cl2FN6O4/c1-55-39-8-14-56(15-13-46-9-11-47(27-46,12-10-46)45(59)60)26-38(39)53-43(55)44(58)54-36-7-3-6-34(42(36)50)33-5-2-4-31(41(33)49)19-35(51)37-20-40-32(24-52-37)25-57(61-40)48-21-28-16-29(22-48)18-30(17-28)23-48/h2-7,19-20,24,28-30H,8-18,21-23,25-27H2,1H3,(H,54,58)(H,59,60)/b35-19-. The zero-order chi connectivity index (χ0) is 41.8. The van der Waals surface area contributed by atoms with Gasteiger partial charge in [0.2, 0.25) is 0 Å². The summed E-state index contributed by atoms with van der Waals surface area (Å²) in [5.41, 5.74) is 4.85. The number of hydrogen-bond acceptors (Lipinski definition) is 7. The lowest BCUT2D eigenvalue weighted by molar-refractivity contribution is -0.200. The van der Waals surface area contributed by atoms with Gasteiger partial charge in [-0.05, 0) is 124 Å². The fourth-order valence-corrected chi connectivity index (χ4v) is 13.7. The maximum absolute atomic E-state index is 16.0. The molecule has 4 aromatic rings. The second-order valence-electron chi connectivity index (χ2n) is 19.7. The summed E-state index contributed by atoms with van der Waals surface area (Å²) in [4.78, 5) is 44.0. The number of carbonyl (C=O) groups excluding carboxylic acids is 1. The Morgan fingerprint density at radius 1 is 0.984 bits per heavy atom. The number of rotatable bonds is 10. The predicted octanol–water partition coefficient (Wildman–Crippen LogP) is 10.4. The van der Waals surface area contributed by atoms with Crippen LogP contribution in [0.2, 0.25) is 10.0 Å². The number of imidazole rings is 1. The topological polar surface area (TPSA) is 113 Å². The molecule has 61 heavy (non-hydrogen) atoms. The number of nitrogens with one attached hydrogen (secondary N) is 1. The molecule has 12 rings (SSSR count). The average Bonchev–Trinajstić information content (AvgIpc) is 4.03. The number of carboxylic acid groups (broad SMARTS) is 1. The van der Waals surface area contributed by atoms with Crippen LogP contribution in [0.3, 0.4) is 0 Å². The zero-order valence-electron chi connectivity index (χ0n) is 34.5. The van der Waals surface area contributed by atoms with Crippen LogP contribution in [0.15, 0.2) is 48.7 Å². The van der Waals surface area contributed by atoms with Crippen LogP contribution in [0.4, 0.5) is 10.1 Å². The molecule has 318 valence electrons. The Bertz CT molecular complexity index is 2480. The number of benzene rings is 2. The Balaban J connectivity index is 0.767. The highest BCUT2D eigenvalue weighted by molar-refractivity contribution is 6.39. The highest BCUT2D eigenvalue weighted by Gasteiger charge is 2.58. The van der Waals surface area contributed by atoms with Crippen molar-refractivity contribution in [2.75, 3.05) is 18.4 Å². The van der Waals surface area contributed by atoms with Gasteiger partial charge in [0.25, 0.3) is 5.91 Å². The molecule has 2 aromatic carbocycles. The molecule has 8 aliphatic rings. The van der Waals surface area contributed by atoms with Crippen LogP contribution in [0.25, 0.3) is 23.0 Å². The van der Waals surface area contributed by atoms with Crippen molar-refractivity contribution in [1.29, 1.82) is 0 Å². The summed E-state index contributed by atoms with van der Waals surface area (Å²) in [7, 11) is 1.87. The van der Waals surface area contributed by atoms with Crippen molar-refractivity contribution < 1.29 is 23.9 Å². The number of aliphatic carboxylic acids is 1. The van der Waals surface area contributed by atoms with Gasteiger partial charge in [-0.2, -0.15) is 0 Å². The molecule has 6 aliphatic carbocycles. The minimum Gasteiger partial charge on any atom is -0.481 e. The van der Waals surface area contributed by atoms with Crippen molar-refractivity contribution in [3.05, 3.63) is 92.7 Å². The molecule has 0 atom stereocenters. The van der Waals surface area contributed by atoms with E-state index in [1.807, 2.05) is 23.7 Å². The largest absolute Gasteiger partial charge is 0.481 e. The van der Waals surface area contributed by atoms with E-state index in [0.29, 0.717) is 57.1 Å². The van der Waals surface area contributed by atoms with Crippen LogP contribution in [-0.2, 0) is 31.4 Å². The van der Waals surface area contributed by atoms with Gasteiger partial charge in [0.15, 0.2) is 11.6 Å². The molecule has 0 radical (unpaired) electrons. The van der Waals surface area contributed by atoms with Crippen LogP contribution in [0.5, 0.6) is 5.75 Å². The van der Waals surface area contributed by atoms with E-state index in [9.17, 15) is 14.7 Å². The molecule has 4 heterocycles. The predicted molar refractivity (Wildman–Crippen MR) is 233 cm³/mol. The fraction of sp³-hybridized carbons (Fsp3) is 0.500.